The number of carbonyl (C=O) groups is 2. The third-order valence-corrected chi connectivity index (χ3v) is 5.44. The van der Waals surface area contributed by atoms with Crippen LogP contribution in [0.1, 0.15) is 47.4 Å². The first kappa shape index (κ1) is 22.3. The Morgan fingerprint density at radius 1 is 1.10 bits per heavy atom. The number of Topliss-reactive ketones (excluding diaryl/α,β-unsaturated/α-hetero) is 1. The fraction of sp³-hybridized carbons (Fsp3) is 0.391. The highest BCUT2D eigenvalue weighted by Crippen LogP contribution is 2.33. The van der Waals surface area contributed by atoms with E-state index in [0.29, 0.717) is 42.9 Å². The molecule has 0 spiro atoms. The van der Waals surface area contributed by atoms with Crippen LogP contribution in [0.3, 0.4) is 0 Å². The van der Waals surface area contributed by atoms with Crippen LogP contribution in [0.2, 0.25) is 0 Å². The molecule has 1 amide bonds. The van der Waals surface area contributed by atoms with Crippen LogP contribution in [-0.2, 0) is 0 Å². The van der Waals surface area contributed by atoms with E-state index in [9.17, 15) is 19.7 Å². The van der Waals surface area contributed by atoms with E-state index in [0.717, 1.165) is 0 Å². The molecule has 1 saturated heterocycles. The number of rotatable bonds is 7. The first-order valence-electron chi connectivity index (χ1n) is 10.3. The van der Waals surface area contributed by atoms with Crippen molar-refractivity contribution in [3.63, 3.8) is 0 Å². The second-order valence-corrected chi connectivity index (χ2v) is 7.94. The third kappa shape index (κ3) is 5.20. The van der Waals surface area contributed by atoms with Crippen LogP contribution in [0.25, 0.3) is 0 Å². The Bertz CT molecular complexity index is 964. The lowest BCUT2D eigenvalue weighted by Gasteiger charge is -2.32. The van der Waals surface area contributed by atoms with Gasteiger partial charge in [0.1, 0.15) is 11.4 Å². The first-order valence-corrected chi connectivity index (χ1v) is 10.3. The molecule has 31 heavy (non-hydrogen) atoms. The molecule has 2 aromatic rings. The van der Waals surface area contributed by atoms with Crippen LogP contribution in [-0.4, -0.2) is 42.9 Å². The molecule has 1 heterocycles. The Morgan fingerprint density at radius 2 is 1.71 bits per heavy atom. The van der Waals surface area contributed by atoms with Crippen LogP contribution >= 0.6 is 0 Å². The van der Waals surface area contributed by atoms with Gasteiger partial charge in [-0.2, -0.15) is 0 Å². The first-order chi connectivity index (χ1) is 14.8. The molecule has 1 N–H and O–H groups in total. The number of amides is 1. The van der Waals surface area contributed by atoms with Gasteiger partial charge in [0.15, 0.2) is 5.78 Å². The molecule has 0 radical (unpaired) electrons. The topological polar surface area (TPSA) is 102 Å². The summed E-state index contributed by atoms with van der Waals surface area (Å²) in [6.07, 6.45) is 1.22. The summed E-state index contributed by atoms with van der Waals surface area (Å²) >= 11 is 0. The number of nitro groups is 1. The quantitative estimate of drug-likeness (QED) is 0.411. The third-order valence-electron chi connectivity index (χ3n) is 5.44. The van der Waals surface area contributed by atoms with E-state index in [1.54, 1.807) is 43.5 Å². The fourth-order valence-corrected chi connectivity index (χ4v) is 3.80. The summed E-state index contributed by atoms with van der Waals surface area (Å²) in [5, 5.41) is 14.4. The Hall–Kier alpha value is -3.42. The Labute approximate surface area is 181 Å². The van der Waals surface area contributed by atoms with E-state index in [2.05, 4.69) is 5.32 Å². The molecule has 1 aliphatic heterocycles. The molecule has 2 aromatic carbocycles. The van der Waals surface area contributed by atoms with E-state index in [1.807, 2.05) is 18.7 Å². The lowest BCUT2D eigenvalue weighted by Crippen LogP contribution is -2.37. The number of nitrogens with zero attached hydrogens (tertiary/aromatic N) is 2. The second kappa shape index (κ2) is 9.59. The number of hydrogen-bond acceptors (Lipinski definition) is 6. The number of ketones is 1. The number of methoxy groups -OCH3 is 1. The number of hydrogen-bond donors (Lipinski definition) is 1. The van der Waals surface area contributed by atoms with E-state index < -0.39 is 4.92 Å². The van der Waals surface area contributed by atoms with Crippen molar-refractivity contribution in [1.82, 2.24) is 5.32 Å². The van der Waals surface area contributed by atoms with Gasteiger partial charge in [-0.1, -0.05) is 0 Å². The highest BCUT2D eigenvalue weighted by Gasteiger charge is 2.29. The molecule has 0 unspecified atom stereocenters. The summed E-state index contributed by atoms with van der Waals surface area (Å²) in [7, 11) is 1.58. The van der Waals surface area contributed by atoms with Crippen LogP contribution in [0.15, 0.2) is 42.5 Å². The van der Waals surface area contributed by atoms with Gasteiger partial charge in [-0.15, -0.1) is 0 Å². The Balaban J connectivity index is 1.71. The summed E-state index contributed by atoms with van der Waals surface area (Å²) in [6, 6.07) is 11.5. The van der Waals surface area contributed by atoms with Gasteiger partial charge in [0.2, 0.25) is 0 Å². The fourth-order valence-electron chi connectivity index (χ4n) is 3.80. The molecular weight excluding hydrogens is 398 g/mol. The molecule has 0 aliphatic carbocycles. The lowest BCUT2D eigenvalue weighted by molar-refractivity contribution is -0.384. The zero-order valence-electron chi connectivity index (χ0n) is 18.0. The smallest absolute Gasteiger partial charge is 0.293 e. The van der Waals surface area contributed by atoms with Gasteiger partial charge in [0.05, 0.1) is 12.0 Å². The van der Waals surface area contributed by atoms with Gasteiger partial charge in [-0.05, 0) is 63.1 Å². The number of benzene rings is 2. The molecule has 1 aliphatic rings. The second-order valence-electron chi connectivity index (χ2n) is 7.94. The molecule has 1 fully saturated rings. The highest BCUT2D eigenvalue weighted by molar-refractivity contribution is 5.98. The van der Waals surface area contributed by atoms with Gasteiger partial charge >= 0.3 is 0 Å². The van der Waals surface area contributed by atoms with Gasteiger partial charge in [-0.25, -0.2) is 0 Å². The Morgan fingerprint density at radius 3 is 2.26 bits per heavy atom. The van der Waals surface area contributed by atoms with Crippen molar-refractivity contribution in [2.75, 3.05) is 25.1 Å². The van der Waals surface area contributed by atoms with Gasteiger partial charge in [0, 0.05) is 42.2 Å². The van der Waals surface area contributed by atoms with E-state index in [1.165, 1.54) is 6.07 Å². The summed E-state index contributed by atoms with van der Waals surface area (Å²) < 4.78 is 5.13. The average molecular weight is 425 g/mol. The van der Waals surface area contributed by atoms with Crippen LogP contribution < -0.4 is 15.0 Å². The molecular formula is C23H27N3O5. The summed E-state index contributed by atoms with van der Waals surface area (Å²) in [4.78, 5) is 38.1. The SMILES string of the molecule is COc1ccc(C(=O)C2CCN(c3ccc(C(=O)NC(C)C)cc3[N+](=O)[O-])CC2)cc1. The average Bonchev–Trinajstić information content (AvgIpc) is 2.78. The normalized spacial score (nSPS) is 14.4. The zero-order valence-corrected chi connectivity index (χ0v) is 18.0. The van der Waals surface area contributed by atoms with Gasteiger partial charge in [0.25, 0.3) is 11.6 Å². The molecule has 0 bridgehead atoms. The number of carbonyl (C=O) groups excluding carboxylic acids is 2. The molecule has 0 saturated carbocycles. The number of piperidine rings is 1. The molecule has 8 heteroatoms. The maximum absolute atomic E-state index is 12.8. The Kier molecular flexibility index (Phi) is 6.89. The predicted molar refractivity (Wildman–Crippen MR) is 118 cm³/mol. The van der Waals surface area contributed by atoms with Crippen molar-refractivity contribution >= 4 is 23.1 Å². The van der Waals surface area contributed by atoms with Crippen LogP contribution in [0.4, 0.5) is 11.4 Å². The summed E-state index contributed by atoms with van der Waals surface area (Å²) in [6.45, 7) is 4.73. The maximum Gasteiger partial charge on any atom is 0.293 e. The number of ether oxygens (including phenoxy) is 1. The lowest BCUT2D eigenvalue weighted by atomic mass is 9.88. The maximum atomic E-state index is 12.8. The van der Waals surface area contributed by atoms with Crippen molar-refractivity contribution in [3.8, 4) is 5.75 Å². The van der Waals surface area contributed by atoms with Gasteiger partial charge in [-0.3, -0.25) is 19.7 Å². The standard InChI is InChI=1S/C23H27N3O5/c1-15(2)24-23(28)18-6-9-20(21(14-18)26(29)30)25-12-10-17(11-13-25)22(27)16-4-7-19(31-3)8-5-16/h4-9,14-15,17H,10-13H2,1-3H3,(H,24,28). The summed E-state index contributed by atoms with van der Waals surface area (Å²) in [5.74, 6) is 0.315. The monoisotopic (exact) mass is 425 g/mol. The summed E-state index contributed by atoms with van der Waals surface area (Å²) in [5.41, 5.74) is 1.28. The number of anilines is 1. The van der Waals surface area contributed by atoms with Crippen molar-refractivity contribution in [3.05, 3.63) is 63.7 Å². The minimum Gasteiger partial charge on any atom is -0.497 e. The van der Waals surface area contributed by atoms with Crippen molar-refractivity contribution in [1.29, 1.82) is 0 Å². The molecule has 0 aromatic heterocycles. The van der Waals surface area contributed by atoms with E-state index in [-0.39, 0.29) is 34.9 Å². The van der Waals surface area contributed by atoms with Crippen LogP contribution in [0.5, 0.6) is 5.75 Å². The van der Waals surface area contributed by atoms with E-state index >= 15 is 0 Å². The molecule has 8 nitrogen and oxygen atoms in total. The van der Waals surface area contributed by atoms with Crippen molar-refractivity contribution < 1.29 is 19.2 Å². The molecule has 3 rings (SSSR count). The number of nitrogens with one attached hydrogen (secondary N) is 1. The predicted octanol–water partition coefficient (Wildman–Crippen LogP) is 3.84. The number of nitro benzene ring substituents is 1. The highest BCUT2D eigenvalue weighted by atomic mass is 16.6. The van der Waals surface area contributed by atoms with E-state index in [4.69, 9.17) is 4.74 Å². The minimum atomic E-state index is -0.462. The zero-order chi connectivity index (χ0) is 22.5. The van der Waals surface area contributed by atoms with Gasteiger partial charge < -0.3 is 15.0 Å². The minimum absolute atomic E-state index is 0.0616. The van der Waals surface area contributed by atoms with Crippen LogP contribution in [0, 0.1) is 16.0 Å². The largest absolute Gasteiger partial charge is 0.497 e. The van der Waals surface area contributed by atoms with Crippen molar-refractivity contribution in [2.45, 2.75) is 32.7 Å². The molecule has 164 valence electrons. The molecule has 0 atom stereocenters. The van der Waals surface area contributed by atoms with Crippen molar-refractivity contribution in [2.24, 2.45) is 5.92 Å².